The van der Waals surface area contributed by atoms with E-state index >= 15 is 0 Å². The van der Waals surface area contributed by atoms with Crippen LogP contribution in [0.5, 0.6) is 5.75 Å². The molecule has 0 aromatic heterocycles. The molecule has 148 valence electrons. The van der Waals surface area contributed by atoms with Gasteiger partial charge in [0.05, 0.1) is 6.04 Å². The van der Waals surface area contributed by atoms with E-state index in [0.717, 1.165) is 27.6 Å². The Morgan fingerprint density at radius 2 is 1.50 bits per heavy atom. The maximum absolute atomic E-state index is 13.8. The highest BCUT2D eigenvalue weighted by atomic mass is 16.3. The summed E-state index contributed by atoms with van der Waals surface area (Å²) in [7, 11) is 0. The zero-order chi connectivity index (χ0) is 20.9. The van der Waals surface area contributed by atoms with Crippen molar-refractivity contribution in [3.63, 3.8) is 0 Å². The van der Waals surface area contributed by atoms with E-state index in [0.29, 0.717) is 5.56 Å². The number of carbonyl (C=O) groups excluding carboxylic acids is 1. The van der Waals surface area contributed by atoms with Gasteiger partial charge < -0.3 is 5.11 Å². The lowest BCUT2D eigenvalue weighted by atomic mass is 9.76. The molecule has 3 heteroatoms. The average Bonchev–Trinajstić information content (AvgIpc) is 3.01. The van der Waals surface area contributed by atoms with E-state index in [4.69, 9.17) is 0 Å². The molecule has 0 radical (unpaired) electrons. The van der Waals surface area contributed by atoms with Gasteiger partial charge in [-0.3, -0.25) is 9.69 Å². The number of fused-ring (bicyclic) bond motifs is 2. The highest BCUT2D eigenvalue weighted by Gasteiger charge is 2.49. The first-order valence-corrected chi connectivity index (χ1v) is 10.2. The number of para-hydroxylation sites is 1. The van der Waals surface area contributed by atoms with Crippen molar-refractivity contribution in [3.05, 3.63) is 108 Å². The van der Waals surface area contributed by atoms with Crippen LogP contribution in [0.4, 0.5) is 5.69 Å². The van der Waals surface area contributed by atoms with Gasteiger partial charge in [0.2, 0.25) is 0 Å². The second kappa shape index (κ2) is 6.74. The number of hydrogen-bond acceptors (Lipinski definition) is 2. The average molecular weight is 393 g/mol. The molecular formula is C27H23NO2. The minimum absolute atomic E-state index is 0.0639. The van der Waals surface area contributed by atoms with Gasteiger partial charge in [0.1, 0.15) is 5.75 Å². The Bertz CT molecular complexity index is 1260. The van der Waals surface area contributed by atoms with Crippen LogP contribution in [0.15, 0.2) is 91.0 Å². The Hall–Kier alpha value is -3.59. The number of amides is 1. The highest BCUT2D eigenvalue weighted by molar-refractivity contribution is 6.09. The van der Waals surface area contributed by atoms with Gasteiger partial charge in [-0.25, -0.2) is 0 Å². The predicted octanol–water partition coefficient (Wildman–Crippen LogP) is 6.22. The number of aromatic hydroxyl groups is 1. The largest absolute Gasteiger partial charge is 0.508 e. The van der Waals surface area contributed by atoms with Gasteiger partial charge in [0.15, 0.2) is 0 Å². The molecule has 0 unspecified atom stereocenters. The van der Waals surface area contributed by atoms with Gasteiger partial charge in [-0.15, -0.1) is 0 Å². The fourth-order valence-corrected chi connectivity index (χ4v) is 4.85. The van der Waals surface area contributed by atoms with Crippen molar-refractivity contribution in [2.24, 2.45) is 0 Å². The van der Waals surface area contributed by atoms with Crippen LogP contribution in [-0.2, 0) is 5.41 Å². The van der Waals surface area contributed by atoms with Crippen molar-refractivity contribution < 1.29 is 9.90 Å². The van der Waals surface area contributed by atoms with Crippen LogP contribution in [-0.4, -0.2) is 11.0 Å². The summed E-state index contributed by atoms with van der Waals surface area (Å²) in [5, 5.41) is 13.0. The molecule has 4 aromatic carbocycles. The van der Waals surface area contributed by atoms with Gasteiger partial charge in [-0.1, -0.05) is 80.6 Å². The standard InChI is InChI=1S/C27H23NO2/c1-27(2)21-14-8-9-15-22(21)28(26(30)19-11-4-3-5-12-19)25(27)24-20-13-7-6-10-18(20)16-17-23(24)29/h3-17,25,29H,1-2H3/t25-/m1/s1. The molecule has 1 N–H and O–H groups in total. The Morgan fingerprint density at radius 3 is 2.30 bits per heavy atom. The lowest BCUT2D eigenvalue weighted by Crippen LogP contribution is -2.38. The van der Waals surface area contributed by atoms with Gasteiger partial charge >= 0.3 is 0 Å². The van der Waals surface area contributed by atoms with Gasteiger partial charge in [0.25, 0.3) is 5.91 Å². The first-order valence-electron chi connectivity index (χ1n) is 10.2. The summed E-state index contributed by atoms with van der Waals surface area (Å²) in [6, 6.07) is 28.8. The molecule has 1 aliphatic rings. The van der Waals surface area contributed by atoms with Crippen molar-refractivity contribution in [2.75, 3.05) is 4.90 Å². The van der Waals surface area contributed by atoms with Gasteiger partial charge in [0, 0.05) is 22.2 Å². The molecule has 0 aliphatic carbocycles. The molecule has 0 saturated carbocycles. The maximum Gasteiger partial charge on any atom is 0.258 e. The molecule has 3 nitrogen and oxygen atoms in total. The van der Waals surface area contributed by atoms with E-state index in [-0.39, 0.29) is 23.1 Å². The van der Waals surface area contributed by atoms with E-state index in [1.807, 2.05) is 83.8 Å². The van der Waals surface area contributed by atoms with E-state index < -0.39 is 0 Å². The quantitative estimate of drug-likeness (QED) is 0.439. The van der Waals surface area contributed by atoms with E-state index in [2.05, 4.69) is 19.9 Å². The molecule has 0 spiro atoms. The summed E-state index contributed by atoms with van der Waals surface area (Å²) < 4.78 is 0. The summed E-state index contributed by atoms with van der Waals surface area (Å²) in [6.07, 6.45) is 0. The number of hydrogen-bond donors (Lipinski definition) is 1. The predicted molar refractivity (Wildman–Crippen MR) is 121 cm³/mol. The molecule has 4 aromatic rings. The van der Waals surface area contributed by atoms with E-state index in [1.165, 1.54) is 0 Å². The van der Waals surface area contributed by atoms with Crippen LogP contribution in [0.25, 0.3) is 10.8 Å². The van der Waals surface area contributed by atoms with Crippen LogP contribution in [0.3, 0.4) is 0 Å². The molecule has 0 bridgehead atoms. The zero-order valence-corrected chi connectivity index (χ0v) is 17.0. The van der Waals surface area contributed by atoms with Crippen LogP contribution in [0.1, 0.15) is 41.4 Å². The first kappa shape index (κ1) is 18.4. The summed E-state index contributed by atoms with van der Waals surface area (Å²) >= 11 is 0. The Balaban J connectivity index is 1.80. The lowest BCUT2D eigenvalue weighted by molar-refractivity contribution is 0.0971. The molecule has 1 heterocycles. The zero-order valence-electron chi connectivity index (χ0n) is 17.0. The SMILES string of the molecule is CC1(C)c2ccccc2N(C(=O)c2ccccc2)[C@@H]1c1c(O)ccc2ccccc12. The number of anilines is 1. The van der Waals surface area contributed by atoms with Crippen LogP contribution < -0.4 is 4.90 Å². The summed E-state index contributed by atoms with van der Waals surface area (Å²) in [6.45, 7) is 4.30. The van der Waals surface area contributed by atoms with Crippen molar-refractivity contribution in [1.82, 2.24) is 0 Å². The normalized spacial score (nSPS) is 17.1. The Kier molecular flexibility index (Phi) is 4.14. The van der Waals surface area contributed by atoms with E-state index in [1.54, 1.807) is 6.07 Å². The minimum Gasteiger partial charge on any atom is -0.508 e. The van der Waals surface area contributed by atoms with Crippen LogP contribution >= 0.6 is 0 Å². The Morgan fingerprint density at radius 1 is 0.833 bits per heavy atom. The van der Waals surface area contributed by atoms with Crippen molar-refractivity contribution >= 4 is 22.4 Å². The monoisotopic (exact) mass is 393 g/mol. The van der Waals surface area contributed by atoms with Crippen molar-refractivity contribution in [1.29, 1.82) is 0 Å². The topological polar surface area (TPSA) is 40.5 Å². The van der Waals surface area contributed by atoms with Crippen LogP contribution in [0, 0.1) is 0 Å². The summed E-state index contributed by atoms with van der Waals surface area (Å²) in [5.41, 5.74) is 3.04. The number of nitrogens with zero attached hydrogens (tertiary/aromatic N) is 1. The molecule has 5 rings (SSSR count). The molecule has 0 fully saturated rings. The smallest absolute Gasteiger partial charge is 0.258 e. The van der Waals surface area contributed by atoms with Crippen molar-refractivity contribution in [2.45, 2.75) is 25.3 Å². The highest BCUT2D eigenvalue weighted by Crippen LogP contribution is 2.55. The molecule has 1 aliphatic heterocycles. The first-order chi connectivity index (χ1) is 14.5. The van der Waals surface area contributed by atoms with Crippen LogP contribution in [0.2, 0.25) is 0 Å². The van der Waals surface area contributed by atoms with Gasteiger partial charge in [-0.05, 0) is 40.6 Å². The molecule has 1 atom stereocenters. The second-order valence-corrected chi connectivity index (χ2v) is 8.40. The number of rotatable bonds is 2. The maximum atomic E-state index is 13.8. The molecular weight excluding hydrogens is 370 g/mol. The third kappa shape index (κ3) is 2.62. The third-order valence-corrected chi connectivity index (χ3v) is 6.26. The number of benzene rings is 4. The molecule has 1 amide bonds. The number of phenolic OH excluding ortho intramolecular Hbond substituents is 1. The molecule has 30 heavy (non-hydrogen) atoms. The van der Waals surface area contributed by atoms with Gasteiger partial charge in [-0.2, -0.15) is 0 Å². The summed E-state index contributed by atoms with van der Waals surface area (Å²) in [4.78, 5) is 15.6. The third-order valence-electron chi connectivity index (χ3n) is 6.26. The second-order valence-electron chi connectivity index (χ2n) is 8.40. The molecule has 0 saturated heterocycles. The minimum atomic E-state index is -0.386. The summed E-state index contributed by atoms with van der Waals surface area (Å²) in [5.74, 6) is 0.149. The fraction of sp³-hybridized carbons (Fsp3) is 0.148. The Labute approximate surface area is 176 Å². The van der Waals surface area contributed by atoms with Crippen molar-refractivity contribution in [3.8, 4) is 5.75 Å². The number of phenols is 1. The fourth-order valence-electron chi connectivity index (χ4n) is 4.85. The number of carbonyl (C=O) groups is 1. The van der Waals surface area contributed by atoms with E-state index in [9.17, 15) is 9.90 Å². The lowest BCUT2D eigenvalue weighted by Gasteiger charge is -2.35.